The third-order valence-corrected chi connectivity index (χ3v) is 3.51. The maximum atomic E-state index is 12.5. The van der Waals surface area contributed by atoms with Gasteiger partial charge in [0, 0.05) is 7.05 Å². The van der Waals surface area contributed by atoms with E-state index in [1.54, 1.807) is 6.07 Å². The topological polar surface area (TPSA) is 50.4 Å². The zero-order valence-corrected chi connectivity index (χ0v) is 11.6. The number of hydrogen-bond donors (Lipinski definition) is 2. The molecular formula is C14H17F3N2O2. The van der Waals surface area contributed by atoms with Crippen LogP contribution in [-0.4, -0.2) is 32.4 Å². The summed E-state index contributed by atoms with van der Waals surface area (Å²) in [5.41, 5.74) is 0.649. The van der Waals surface area contributed by atoms with Gasteiger partial charge in [0.05, 0.1) is 5.56 Å². The maximum Gasteiger partial charge on any atom is 0.573 e. The minimum absolute atomic E-state index is 0.118. The maximum absolute atomic E-state index is 12.5. The number of benzene rings is 1. The van der Waals surface area contributed by atoms with Gasteiger partial charge in [-0.2, -0.15) is 0 Å². The summed E-state index contributed by atoms with van der Waals surface area (Å²) in [6.45, 7) is 1.66. The van der Waals surface area contributed by atoms with E-state index in [1.807, 2.05) is 0 Å². The van der Waals surface area contributed by atoms with Crippen LogP contribution in [0.5, 0.6) is 5.75 Å². The Morgan fingerprint density at radius 1 is 1.33 bits per heavy atom. The first kappa shape index (κ1) is 15.6. The van der Waals surface area contributed by atoms with Crippen molar-refractivity contribution in [3.63, 3.8) is 0 Å². The van der Waals surface area contributed by atoms with Crippen molar-refractivity contribution in [1.82, 2.24) is 10.6 Å². The first-order valence-electron chi connectivity index (χ1n) is 6.73. The van der Waals surface area contributed by atoms with Crippen LogP contribution in [0.1, 0.15) is 34.7 Å². The molecule has 0 aliphatic carbocycles. The van der Waals surface area contributed by atoms with Gasteiger partial charge in [-0.15, -0.1) is 13.2 Å². The third-order valence-electron chi connectivity index (χ3n) is 3.51. The van der Waals surface area contributed by atoms with Crippen molar-refractivity contribution >= 4 is 5.91 Å². The van der Waals surface area contributed by atoms with E-state index < -0.39 is 18.0 Å². The number of amides is 1. The van der Waals surface area contributed by atoms with Crippen LogP contribution in [0.15, 0.2) is 18.2 Å². The smallest absolute Gasteiger partial charge is 0.405 e. The molecule has 4 nitrogen and oxygen atoms in total. The van der Waals surface area contributed by atoms with Gasteiger partial charge in [0.25, 0.3) is 5.91 Å². The third kappa shape index (κ3) is 4.10. The number of carbonyl (C=O) groups excluding carboxylic acids is 1. The van der Waals surface area contributed by atoms with Crippen LogP contribution in [0.4, 0.5) is 13.2 Å². The molecule has 1 aliphatic heterocycles. The second-order valence-corrected chi connectivity index (χ2v) is 4.91. The number of carbonyl (C=O) groups is 1. The highest BCUT2D eigenvalue weighted by atomic mass is 19.4. The summed E-state index contributed by atoms with van der Waals surface area (Å²) in [5.74, 6) is -0.871. The van der Waals surface area contributed by atoms with Crippen molar-refractivity contribution < 1.29 is 22.7 Å². The van der Waals surface area contributed by atoms with E-state index in [0.29, 0.717) is 0 Å². The molecule has 1 fully saturated rings. The first-order chi connectivity index (χ1) is 9.90. The molecule has 21 heavy (non-hydrogen) atoms. The molecule has 1 aromatic rings. The number of rotatable bonds is 3. The summed E-state index contributed by atoms with van der Waals surface area (Å²) in [6.07, 6.45) is -3.12. The van der Waals surface area contributed by atoms with Crippen molar-refractivity contribution in [2.75, 3.05) is 20.1 Å². The number of hydrogen-bond acceptors (Lipinski definition) is 3. The highest BCUT2D eigenvalue weighted by Gasteiger charge is 2.33. The number of ether oxygens (including phenoxy) is 1. The van der Waals surface area contributed by atoms with Crippen LogP contribution in [0.25, 0.3) is 0 Å². The summed E-state index contributed by atoms with van der Waals surface area (Å²) >= 11 is 0. The fraction of sp³-hybridized carbons (Fsp3) is 0.500. The summed E-state index contributed by atoms with van der Waals surface area (Å²) in [7, 11) is 1.36. The Balaban J connectivity index is 2.33. The van der Waals surface area contributed by atoms with E-state index in [2.05, 4.69) is 15.4 Å². The van der Waals surface area contributed by atoms with Gasteiger partial charge in [-0.3, -0.25) is 4.79 Å². The van der Waals surface area contributed by atoms with E-state index in [4.69, 9.17) is 0 Å². The predicted octanol–water partition coefficient (Wildman–Crippen LogP) is 2.41. The molecule has 0 unspecified atom stereocenters. The Morgan fingerprint density at radius 3 is 2.57 bits per heavy atom. The van der Waals surface area contributed by atoms with E-state index in [0.717, 1.165) is 31.5 Å². The van der Waals surface area contributed by atoms with Crippen LogP contribution in [0.3, 0.4) is 0 Å². The molecule has 2 rings (SSSR count). The summed E-state index contributed by atoms with van der Waals surface area (Å²) in [4.78, 5) is 11.6. The largest absolute Gasteiger partial charge is 0.573 e. The molecule has 1 aromatic carbocycles. The molecule has 1 saturated heterocycles. The van der Waals surface area contributed by atoms with Crippen molar-refractivity contribution in [1.29, 1.82) is 0 Å². The quantitative estimate of drug-likeness (QED) is 0.901. The van der Waals surface area contributed by atoms with Gasteiger partial charge in [0.1, 0.15) is 5.75 Å². The number of piperidine rings is 1. The molecule has 116 valence electrons. The lowest BCUT2D eigenvalue weighted by atomic mass is 9.89. The van der Waals surface area contributed by atoms with Gasteiger partial charge < -0.3 is 15.4 Å². The van der Waals surface area contributed by atoms with Gasteiger partial charge in [-0.1, -0.05) is 6.07 Å². The zero-order chi connectivity index (χ0) is 15.5. The molecule has 1 heterocycles. The molecule has 0 aromatic heterocycles. The van der Waals surface area contributed by atoms with Gasteiger partial charge in [-0.25, -0.2) is 0 Å². The highest BCUT2D eigenvalue weighted by molar-refractivity contribution is 5.96. The highest BCUT2D eigenvalue weighted by Crippen LogP contribution is 2.32. The zero-order valence-electron chi connectivity index (χ0n) is 11.6. The Morgan fingerprint density at radius 2 is 2.00 bits per heavy atom. The van der Waals surface area contributed by atoms with E-state index in [1.165, 1.54) is 19.2 Å². The molecule has 2 N–H and O–H groups in total. The Kier molecular flexibility index (Phi) is 4.72. The molecule has 0 bridgehead atoms. The molecule has 0 spiro atoms. The van der Waals surface area contributed by atoms with Gasteiger partial charge in [-0.05, 0) is 49.5 Å². The van der Waals surface area contributed by atoms with Crippen molar-refractivity contribution in [3.8, 4) is 5.75 Å². The average Bonchev–Trinajstić information content (AvgIpc) is 2.45. The second kappa shape index (κ2) is 6.34. The number of nitrogens with one attached hydrogen (secondary N) is 2. The summed E-state index contributed by atoms with van der Waals surface area (Å²) < 4.78 is 41.5. The van der Waals surface area contributed by atoms with E-state index in [9.17, 15) is 18.0 Å². The molecular weight excluding hydrogens is 285 g/mol. The molecule has 0 atom stereocenters. The van der Waals surface area contributed by atoms with Crippen LogP contribution in [-0.2, 0) is 0 Å². The lowest BCUT2D eigenvalue weighted by molar-refractivity contribution is -0.274. The monoisotopic (exact) mass is 302 g/mol. The van der Waals surface area contributed by atoms with Crippen molar-refractivity contribution in [2.24, 2.45) is 0 Å². The van der Waals surface area contributed by atoms with Gasteiger partial charge in [0.15, 0.2) is 0 Å². The lowest BCUT2D eigenvalue weighted by Crippen LogP contribution is -2.27. The Hall–Kier alpha value is -1.76. The van der Waals surface area contributed by atoms with Crippen LogP contribution in [0.2, 0.25) is 0 Å². The Bertz CT molecular complexity index is 511. The fourth-order valence-electron chi connectivity index (χ4n) is 2.48. The lowest BCUT2D eigenvalue weighted by Gasteiger charge is -2.24. The van der Waals surface area contributed by atoms with E-state index >= 15 is 0 Å². The Labute approximate surface area is 120 Å². The standard InChI is InChI=1S/C14H17F3N2O2/c1-18-13(20)11-3-2-10(9-4-6-19-7-5-9)8-12(11)21-14(15,16)17/h2-3,8-9,19H,4-7H2,1H3,(H,18,20). The van der Waals surface area contributed by atoms with Crippen LogP contribution in [0, 0.1) is 0 Å². The van der Waals surface area contributed by atoms with Crippen LogP contribution < -0.4 is 15.4 Å². The second-order valence-electron chi connectivity index (χ2n) is 4.91. The molecule has 1 aliphatic rings. The number of alkyl halides is 3. The van der Waals surface area contributed by atoms with Gasteiger partial charge >= 0.3 is 6.36 Å². The van der Waals surface area contributed by atoms with Crippen molar-refractivity contribution in [2.45, 2.75) is 25.1 Å². The minimum Gasteiger partial charge on any atom is -0.405 e. The average molecular weight is 302 g/mol. The minimum atomic E-state index is -4.82. The fourth-order valence-corrected chi connectivity index (χ4v) is 2.48. The van der Waals surface area contributed by atoms with Gasteiger partial charge in [0.2, 0.25) is 0 Å². The molecule has 1 amide bonds. The van der Waals surface area contributed by atoms with Crippen LogP contribution >= 0.6 is 0 Å². The normalized spacial score (nSPS) is 16.6. The first-order valence-corrected chi connectivity index (χ1v) is 6.73. The SMILES string of the molecule is CNC(=O)c1ccc(C2CCNCC2)cc1OC(F)(F)F. The molecule has 0 radical (unpaired) electrons. The molecule has 0 saturated carbocycles. The predicted molar refractivity (Wildman–Crippen MR) is 71.4 cm³/mol. The summed E-state index contributed by atoms with van der Waals surface area (Å²) in [6, 6.07) is 4.41. The number of halogens is 3. The van der Waals surface area contributed by atoms with E-state index in [-0.39, 0.29) is 11.5 Å². The molecule has 7 heteroatoms. The van der Waals surface area contributed by atoms with Crippen molar-refractivity contribution in [3.05, 3.63) is 29.3 Å². The summed E-state index contributed by atoms with van der Waals surface area (Å²) in [5, 5.41) is 5.51.